The van der Waals surface area contributed by atoms with Crippen LogP contribution >= 0.6 is 22.9 Å². The van der Waals surface area contributed by atoms with E-state index < -0.39 is 0 Å². The Morgan fingerprint density at radius 3 is 2.96 bits per heavy atom. The number of nitrogens with one attached hydrogen (secondary N) is 1. The molecule has 2 N–H and O–H groups in total. The van der Waals surface area contributed by atoms with Crippen molar-refractivity contribution in [3.8, 4) is 5.75 Å². The SMILES string of the molecule is O=C(Cc1ccc(O)c(Cl)c1)NCc1csc(N2CCOCC2)n1. The highest BCUT2D eigenvalue weighted by Crippen LogP contribution is 2.24. The average Bonchev–Trinajstić information content (AvgIpc) is 3.06. The van der Waals surface area contributed by atoms with Crippen LogP contribution in [0.25, 0.3) is 0 Å². The second kappa shape index (κ2) is 7.83. The quantitative estimate of drug-likeness (QED) is 0.847. The number of thiazole rings is 1. The zero-order valence-corrected chi connectivity index (χ0v) is 14.6. The number of aromatic hydroxyl groups is 1. The first-order valence-corrected chi connectivity index (χ1v) is 8.89. The van der Waals surface area contributed by atoms with Crippen molar-refractivity contribution in [2.45, 2.75) is 13.0 Å². The molecule has 1 aromatic carbocycles. The van der Waals surface area contributed by atoms with Crippen LogP contribution in [-0.2, 0) is 22.5 Å². The maximum atomic E-state index is 12.0. The van der Waals surface area contributed by atoms with E-state index in [-0.39, 0.29) is 23.1 Å². The highest BCUT2D eigenvalue weighted by molar-refractivity contribution is 7.13. The van der Waals surface area contributed by atoms with Crippen LogP contribution in [0.1, 0.15) is 11.3 Å². The molecule has 1 aliphatic rings. The third-order valence-corrected chi connectivity index (χ3v) is 4.92. The molecule has 1 aromatic heterocycles. The third-order valence-electron chi connectivity index (χ3n) is 3.66. The number of ether oxygens (including phenoxy) is 1. The zero-order valence-electron chi connectivity index (χ0n) is 13.0. The Hall–Kier alpha value is -1.83. The molecule has 24 heavy (non-hydrogen) atoms. The second-order valence-corrected chi connectivity index (χ2v) is 6.70. The van der Waals surface area contributed by atoms with Crippen molar-refractivity contribution < 1.29 is 14.6 Å². The maximum absolute atomic E-state index is 12.0. The molecule has 1 fully saturated rings. The van der Waals surface area contributed by atoms with E-state index >= 15 is 0 Å². The first-order valence-electron chi connectivity index (χ1n) is 7.63. The number of carbonyl (C=O) groups excluding carboxylic acids is 1. The van der Waals surface area contributed by atoms with Crippen molar-refractivity contribution in [3.63, 3.8) is 0 Å². The Bertz CT molecular complexity index is 716. The Morgan fingerprint density at radius 1 is 1.42 bits per heavy atom. The normalized spacial score (nSPS) is 14.6. The Morgan fingerprint density at radius 2 is 2.21 bits per heavy atom. The standard InChI is InChI=1S/C16H18ClN3O3S/c17-13-7-11(1-2-14(13)21)8-15(22)18-9-12-10-24-16(19-12)20-3-5-23-6-4-20/h1-2,7,10,21H,3-6,8-9H2,(H,18,22). The lowest BCUT2D eigenvalue weighted by Crippen LogP contribution is -2.36. The molecular weight excluding hydrogens is 350 g/mol. The number of rotatable bonds is 5. The van der Waals surface area contributed by atoms with Gasteiger partial charge in [0.2, 0.25) is 5.91 Å². The van der Waals surface area contributed by atoms with E-state index in [9.17, 15) is 9.90 Å². The summed E-state index contributed by atoms with van der Waals surface area (Å²) in [4.78, 5) is 18.8. The molecule has 1 aliphatic heterocycles. The molecule has 0 spiro atoms. The third kappa shape index (κ3) is 4.37. The minimum Gasteiger partial charge on any atom is -0.506 e. The van der Waals surface area contributed by atoms with E-state index in [1.54, 1.807) is 23.5 Å². The predicted molar refractivity (Wildman–Crippen MR) is 93.8 cm³/mol. The van der Waals surface area contributed by atoms with Crippen LogP contribution in [0, 0.1) is 0 Å². The molecule has 0 saturated carbocycles. The van der Waals surface area contributed by atoms with Gasteiger partial charge in [-0.2, -0.15) is 0 Å². The van der Waals surface area contributed by atoms with Gasteiger partial charge in [-0.05, 0) is 17.7 Å². The molecular formula is C16H18ClN3O3S. The molecule has 3 rings (SSSR count). The molecule has 0 bridgehead atoms. The Kier molecular flexibility index (Phi) is 5.55. The molecule has 2 heterocycles. The number of nitrogens with zero attached hydrogens (tertiary/aromatic N) is 2. The van der Waals surface area contributed by atoms with Gasteiger partial charge in [-0.1, -0.05) is 17.7 Å². The summed E-state index contributed by atoms with van der Waals surface area (Å²) in [5, 5.41) is 15.4. The average molecular weight is 368 g/mol. The van der Waals surface area contributed by atoms with Crippen LogP contribution in [-0.4, -0.2) is 42.3 Å². The fraction of sp³-hybridized carbons (Fsp3) is 0.375. The van der Waals surface area contributed by atoms with E-state index in [1.807, 2.05) is 5.38 Å². The van der Waals surface area contributed by atoms with Crippen LogP contribution in [0.3, 0.4) is 0 Å². The summed E-state index contributed by atoms with van der Waals surface area (Å²) in [5.41, 5.74) is 1.60. The van der Waals surface area contributed by atoms with Gasteiger partial charge >= 0.3 is 0 Å². The minimum atomic E-state index is -0.113. The van der Waals surface area contributed by atoms with Gasteiger partial charge in [0.1, 0.15) is 5.75 Å². The van der Waals surface area contributed by atoms with Gasteiger partial charge in [0.05, 0.1) is 36.9 Å². The molecule has 2 aromatic rings. The molecule has 6 nitrogen and oxygen atoms in total. The summed E-state index contributed by atoms with van der Waals surface area (Å²) in [6.45, 7) is 3.54. The van der Waals surface area contributed by atoms with E-state index in [0.717, 1.165) is 42.7 Å². The van der Waals surface area contributed by atoms with Crippen molar-refractivity contribution in [2.75, 3.05) is 31.2 Å². The molecule has 0 unspecified atom stereocenters. The first-order chi connectivity index (χ1) is 11.6. The molecule has 1 saturated heterocycles. The number of phenols is 1. The Labute approximate surface area is 149 Å². The van der Waals surface area contributed by atoms with Gasteiger partial charge in [-0.25, -0.2) is 4.98 Å². The van der Waals surface area contributed by atoms with Gasteiger partial charge in [0, 0.05) is 18.5 Å². The number of phenolic OH excluding ortho intramolecular Hbond substituents is 1. The number of halogens is 1. The number of anilines is 1. The first kappa shape index (κ1) is 17.0. The molecule has 128 valence electrons. The summed E-state index contributed by atoms with van der Waals surface area (Å²) in [5.74, 6) is -0.100. The van der Waals surface area contributed by atoms with Gasteiger partial charge in [0.15, 0.2) is 5.13 Å². The molecule has 8 heteroatoms. The van der Waals surface area contributed by atoms with Gasteiger partial charge < -0.3 is 20.1 Å². The molecule has 1 amide bonds. The summed E-state index contributed by atoms with van der Waals surface area (Å²) in [6, 6.07) is 4.76. The van der Waals surface area contributed by atoms with E-state index in [2.05, 4.69) is 15.2 Å². The van der Waals surface area contributed by atoms with E-state index in [0.29, 0.717) is 6.54 Å². The summed E-state index contributed by atoms with van der Waals surface area (Å²) < 4.78 is 5.33. The van der Waals surface area contributed by atoms with Crippen molar-refractivity contribution in [2.24, 2.45) is 0 Å². The zero-order chi connectivity index (χ0) is 16.9. The lowest BCUT2D eigenvalue weighted by Gasteiger charge is -2.26. The summed E-state index contributed by atoms with van der Waals surface area (Å²) >= 11 is 7.42. The van der Waals surface area contributed by atoms with Gasteiger partial charge in [-0.3, -0.25) is 4.79 Å². The van der Waals surface area contributed by atoms with E-state index in [4.69, 9.17) is 16.3 Å². The topological polar surface area (TPSA) is 74.7 Å². The summed E-state index contributed by atoms with van der Waals surface area (Å²) in [6.07, 6.45) is 0.209. The fourth-order valence-corrected chi connectivity index (χ4v) is 3.46. The van der Waals surface area contributed by atoms with Gasteiger partial charge in [0.25, 0.3) is 0 Å². The highest BCUT2D eigenvalue weighted by Gasteiger charge is 2.15. The number of amides is 1. The number of carbonyl (C=O) groups is 1. The van der Waals surface area contributed by atoms with E-state index in [1.165, 1.54) is 6.07 Å². The minimum absolute atomic E-state index is 0.0129. The van der Waals surface area contributed by atoms with Crippen LogP contribution in [0.15, 0.2) is 23.6 Å². The predicted octanol–water partition coefficient (Wildman–Crippen LogP) is 2.20. The molecule has 0 radical (unpaired) electrons. The lowest BCUT2D eigenvalue weighted by molar-refractivity contribution is -0.120. The Balaban J connectivity index is 1.50. The number of hydrogen-bond donors (Lipinski definition) is 2. The van der Waals surface area contributed by atoms with Crippen LogP contribution in [0.5, 0.6) is 5.75 Å². The highest BCUT2D eigenvalue weighted by atomic mass is 35.5. The monoisotopic (exact) mass is 367 g/mol. The fourth-order valence-electron chi connectivity index (χ4n) is 2.37. The van der Waals surface area contributed by atoms with Crippen molar-refractivity contribution >= 4 is 34.0 Å². The molecule has 0 aliphatic carbocycles. The van der Waals surface area contributed by atoms with Crippen LogP contribution < -0.4 is 10.2 Å². The second-order valence-electron chi connectivity index (χ2n) is 5.46. The van der Waals surface area contributed by atoms with Crippen LogP contribution in [0.2, 0.25) is 5.02 Å². The number of morpholine rings is 1. The number of hydrogen-bond acceptors (Lipinski definition) is 6. The van der Waals surface area contributed by atoms with Crippen molar-refractivity contribution in [1.82, 2.24) is 10.3 Å². The van der Waals surface area contributed by atoms with Crippen LogP contribution in [0.4, 0.5) is 5.13 Å². The smallest absolute Gasteiger partial charge is 0.224 e. The number of benzene rings is 1. The van der Waals surface area contributed by atoms with Gasteiger partial charge in [-0.15, -0.1) is 11.3 Å². The summed E-state index contributed by atoms with van der Waals surface area (Å²) in [7, 11) is 0. The van der Waals surface area contributed by atoms with Crippen molar-refractivity contribution in [3.05, 3.63) is 39.9 Å². The number of aromatic nitrogens is 1. The lowest BCUT2D eigenvalue weighted by atomic mass is 10.1. The molecule has 0 atom stereocenters. The van der Waals surface area contributed by atoms with Crippen molar-refractivity contribution in [1.29, 1.82) is 0 Å². The maximum Gasteiger partial charge on any atom is 0.224 e. The largest absolute Gasteiger partial charge is 0.506 e.